The Labute approximate surface area is 144 Å². The molecule has 1 amide bonds. The van der Waals surface area contributed by atoms with Crippen LogP contribution in [0.1, 0.15) is 25.5 Å². The molecule has 1 atom stereocenters. The van der Waals surface area contributed by atoms with E-state index < -0.39 is 0 Å². The third-order valence-electron chi connectivity index (χ3n) is 3.67. The Morgan fingerprint density at radius 1 is 1.45 bits per heavy atom. The van der Waals surface area contributed by atoms with Crippen LogP contribution in [0, 0.1) is 5.92 Å². The molecule has 1 unspecified atom stereocenters. The first-order chi connectivity index (χ1) is 10.1. The predicted molar refractivity (Wildman–Crippen MR) is 93.7 cm³/mol. The molecule has 0 radical (unpaired) electrons. The van der Waals surface area contributed by atoms with Crippen molar-refractivity contribution in [3.63, 3.8) is 0 Å². The molecule has 0 bridgehead atoms. The van der Waals surface area contributed by atoms with Crippen molar-refractivity contribution in [1.82, 2.24) is 15.5 Å². The lowest BCUT2D eigenvalue weighted by Gasteiger charge is -2.36. The first-order valence-electron chi connectivity index (χ1n) is 7.54. The van der Waals surface area contributed by atoms with E-state index >= 15 is 0 Å². The molecule has 1 aliphatic heterocycles. The Balaban J connectivity index is 0.00000242. The molecule has 1 heterocycles. The molecule has 22 heavy (non-hydrogen) atoms. The third kappa shape index (κ3) is 5.43. The summed E-state index contributed by atoms with van der Waals surface area (Å²) in [6.45, 7) is 7.91. The number of amides is 1. The topological polar surface area (TPSA) is 44.4 Å². The van der Waals surface area contributed by atoms with Crippen LogP contribution in [0.4, 0.5) is 0 Å². The average molecular weight is 346 g/mol. The van der Waals surface area contributed by atoms with Crippen LogP contribution in [0.5, 0.6) is 0 Å². The second-order valence-electron chi connectivity index (χ2n) is 5.91. The largest absolute Gasteiger partial charge is 0.355 e. The number of nitrogens with one attached hydrogen (secondary N) is 2. The molecule has 1 aromatic rings. The molecule has 0 spiro atoms. The van der Waals surface area contributed by atoms with Gasteiger partial charge in [0.2, 0.25) is 5.91 Å². The minimum atomic E-state index is 0. The van der Waals surface area contributed by atoms with Crippen LogP contribution in [-0.4, -0.2) is 43.5 Å². The summed E-state index contributed by atoms with van der Waals surface area (Å²) in [5, 5.41) is 7.13. The number of piperazine rings is 1. The third-order valence-corrected chi connectivity index (χ3v) is 4.02. The highest BCUT2D eigenvalue weighted by atomic mass is 35.5. The zero-order chi connectivity index (χ0) is 15.2. The van der Waals surface area contributed by atoms with Crippen LogP contribution in [0.15, 0.2) is 24.3 Å². The molecule has 4 nitrogen and oxygen atoms in total. The lowest BCUT2D eigenvalue weighted by molar-refractivity contribution is -0.123. The summed E-state index contributed by atoms with van der Waals surface area (Å²) >= 11 is 6.31. The van der Waals surface area contributed by atoms with Crippen molar-refractivity contribution in [2.45, 2.75) is 19.9 Å². The smallest absolute Gasteiger partial charge is 0.234 e. The molecule has 124 valence electrons. The summed E-state index contributed by atoms with van der Waals surface area (Å²) in [7, 11) is 0. The van der Waals surface area contributed by atoms with E-state index in [-0.39, 0.29) is 24.4 Å². The molecule has 2 N–H and O–H groups in total. The highest BCUT2D eigenvalue weighted by molar-refractivity contribution is 6.31. The van der Waals surface area contributed by atoms with Crippen LogP contribution in [0.3, 0.4) is 0 Å². The van der Waals surface area contributed by atoms with Crippen LogP contribution in [-0.2, 0) is 4.79 Å². The number of hydrogen-bond donors (Lipinski definition) is 2. The van der Waals surface area contributed by atoms with Gasteiger partial charge in [-0.3, -0.25) is 9.69 Å². The molecule has 0 aliphatic carbocycles. The number of carbonyl (C=O) groups is 1. The SMILES string of the molecule is CC(C)CNC(=O)CN1CCNCC1c1ccccc1Cl.Cl. The van der Waals surface area contributed by atoms with E-state index in [4.69, 9.17) is 11.6 Å². The number of nitrogens with zero attached hydrogens (tertiary/aromatic N) is 1. The summed E-state index contributed by atoms with van der Waals surface area (Å²) in [4.78, 5) is 14.3. The summed E-state index contributed by atoms with van der Waals surface area (Å²) in [6, 6.07) is 8.02. The lowest BCUT2D eigenvalue weighted by Crippen LogP contribution is -2.49. The van der Waals surface area contributed by atoms with Gasteiger partial charge >= 0.3 is 0 Å². The molecule has 1 fully saturated rings. The number of halogens is 2. The molecule has 2 rings (SSSR count). The Morgan fingerprint density at radius 3 is 2.86 bits per heavy atom. The van der Waals surface area contributed by atoms with Gasteiger partial charge in [0, 0.05) is 37.2 Å². The number of hydrogen-bond acceptors (Lipinski definition) is 3. The van der Waals surface area contributed by atoms with Crippen molar-refractivity contribution < 1.29 is 4.79 Å². The molecule has 0 saturated carbocycles. The van der Waals surface area contributed by atoms with Crippen molar-refractivity contribution in [1.29, 1.82) is 0 Å². The van der Waals surface area contributed by atoms with Gasteiger partial charge in [0.25, 0.3) is 0 Å². The van der Waals surface area contributed by atoms with Crippen LogP contribution < -0.4 is 10.6 Å². The van der Waals surface area contributed by atoms with E-state index in [9.17, 15) is 4.79 Å². The van der Waals surface area contributed by atoms with E-state index in [0.29, 0.717) is 12.5 Å². The van der Waals surface area contributed by atoms with Gasteiger partial charge < -0.3 is 10.6 Å². The minimum absolute atomic E-state index is 0. The van der Waals surface area contributed by atoms with Gasteiger partial charge in [-0.25, -0.2) is 0 Å². The Hall–Kier alpha value is -0.810. The highest BCUT2D eigenvalue weighted by Crippen LogP contribution is 2.28. The van der Waals surface area contributed by atoms with Gasteiger partial charge in [0.1, 0.15) is 0 Å². The van der Waals surface area contributed by atoms with Crippen molar-refractivity contribution in [2.24, 2.45) is 5.92 Å². The van der Waals surface area contributed by atoms with Gasteiger partial charge in [-0.1, -0.05) is 43.6 Å². The van der Waals surface area contributed by atoms with E-state index in [0.717, 1.165) is 36.8 Å². The molecule has 1 aromatic carbocycles. The molecular weight excluding hydrogens is 321 g/mol. The van der Waals surface area contributed by atoms with E-state index in [1.54, 1.807) is 0 Å². The standard InChI is InChI=1S/C16H24ClN3O.ClH/c1-12(2)9-19-16(21)11-20-8-7-18-10-15(20)13-5-3-4-6-14(13)17;/h3-6,12,15,18H,7-11H2,1-2H3,(H,19,21);1H. The summed E-state index contributed by atoms with van der Waals surface area (Å²) in [5.74, 6) is 0.555. The monoisotopic (exact) mass is 345 g/mol. The predicted octanol–water partition coefficient (Wildman–Crippen LogP) is 2.48. The first-order valence-corrected chi connectivity index (χ1v) is 7.91. The lowest BCUT2D eigenvalue weighted by atomic mass is 10.0. The fourth-order valence-electron chi connectivity index (χ4n) is 2.55. The second kappa shape index (κ2) is 9.36. The van der Waals surface area contributed by atoms with Gasteiger partial charge in [-0.15, -0.1) is 12.4 Å². The van der Waals surface area contributed by atoms with Crippen molar-refractivity contribution in [2.75, 3.05) is 32.7 Å². The van der Waals surface area contributed by atoms with E-state index in [1.165, 1.54) is 0 Å². The maximum Gasteiger partial charge on any atom is 0.234 e. The maximum atomic E-state index is 12.1. The zero-order valence-corrected chi connectivity index (χ0v) is 14.7. The van der Waals surface area contributed by atoms with Crippen LogP contribution >= 0.6 is 24.0 Å². The van der Waals surface area contributed by atoms with Crippen LogP contribution in [0.25, 0.3) is 0 Å². The number of rotatable bonds is 5. The number of benzene rings is 1. The normalized spacial score (nSPS) is 18.8. The van der Waals surface area contributed by atoms with Crippen molar-refractivity contribution in [3.05, 3.63) is 34.9 Å². The Morgan fingerprint density at radius 2 is 2.18 bits per heavy atom. The molecule has 6 heteroatoms. The van der Waals surface area contributed by atoms with Gasteiger partial charge in [-0.05, 0) is 17.5 Å². The fraction of sp³-hybridized carbons (Fsp3) is 0.562. The fourth-order valence-corrected chi connectivity index (χ4v) is 2.81. The summed E-state index contributed by atoms with van der Waals surface area (Å²) in [6.07, 6.45) is 0. The maximum absolute atomic E-state index is 12.1. The molecule has 0 aromatic heterocycles. The average Bonchev–Trinajstić information content (AvgIpc) is 2.46. The minimum Gasteiger partial charge on any atom is -0.355 e. The Bertz CT molecular complexity index is 482. The second-order valence-corrected chi connectivity index (χ2v) is 6.32. The number of carbonyl (C=O) groups excluding carboxylic acids is 1. The van der Waals surface area contributed by atoms with E-state index in [1.807, 2.05) is 24.3 Å². The molecule has 1 saturated heterocycles. The van der Waals surface area contributed by atoms with Crippen molar-refractivity contribution >= 4 is 29.9 Å². The molecular formula is C16H25Cl2N3O. The van der Waals surface area contributed by atoms with Gasteiger partial charge in [-0.2, -0.15) is 0 Å². The van der Waals surface area contributed by atoms with Gasteiger partial charge in [0.05, 0.1) is 6.54 Å². The quantitative estimate of drug-likeness (QED) is 0.861. The first kappa shape index (κ1) is 19.2. The highest BCUT2D eigenvalue weighted by Gasteiger charge is 2.26. The molecule has 1 aliphatic rings. The van der Waals surface area contributed by atoms with Crippen molar-refractivity contribution in [3.8, 4) is 0 Å². The summed E-state index contributed by atoms with van der Waals surface area (Å²) in [5.41, 5.74) is 1.09. The van der Waals surface area contributed by atoms with E-state index in [2.05, 4.69) is 29.4 Å². The zero-order valence-electron chi connectivity index (χ0n) is 13.1. The van der Waals surface area contributed by atoms with Gasteiger partial charge in [0.15, 0.2) is 0 Å². The van der Waals surface area contributed by atoms with Crippen LogP contribution in [0.2, 0.25) is 5.02 Å². The Kier molecular flexibility index (Phi) is 8.18. The summed E-state index contributed by atoms with van der Waals surface area (Å²) < 4.78 is 0.